The van der Waals surface area contributed by atoms with Gasteiger partial charge in [-0.15, -0.1) is 0 Å². The van der Waals surface area contributed by atoms with Gasteiger partial charge in [-0.2, -0.15) is 10.5 Å². The van der Waals surface area contributed by atoms with Gasteiger partial charge in [0.1, 0.15) is 25.5 Å². The van der Waals surface area contributed by atoms with E-state index in [4.69, 9.17) is 11.9 Å². The van der Waals surface area contributed by atoms with Crippen LogP contribution in [0.25, 0.3) is 0 Å². The molecule has 0 amide bonds. The summed E-state index contributed by atoms with van der Waals surface area (Å²) in [5, 5.41) is 16.0. The summed E-state index contributed by atoms with van der Waals surface area (Å²) in [6, 6.07) is 3.20. The molecule has 0 saturated heterocycles. The lowest BCUT2D eigenvalue weighted by atomic mass is 10.1. The normalized spacial score (nSPS) is 6.86. The molecule has 3 heteroatoms. The molecule has 0 unspecified atom stereocenters. The summed E-state index contributed by atoms with van der Waals surface area (Å²) in [4.78, 5) is 0. The van der Waals surface area contributed by atoms with Crippen LogP contribution in [0.1, 0.15) is 0 Å². The molecule has 0 aromatic rings. The highest BCUT2D eigenvalue weighted by molar-refractivity contribution is 6.18. The van der Waals surface area contributed by atoms with Gasteiger partial charge in [-0.1, -0.05) is 5.98 Å². The number of allylic oxidation sites excluding steroid dienone is 1. The van der Waals surface area contributed by atoms with E-state index in [1.165, 1.54) is 0 Å². The van der Waals surface area contributed by atoms with E-state index in [-0.39, 0.29) is 5.57 Å². The van der Waals surface area contributed by atoms with Gasteiger partial charge in [-0.3, -0.25) is 0 Å². The van der Waals surface area contributed by atoms with Gasteiger partial charge in [0.05, 0.1) is 0 Å². The van der Waals surface area contributed by atoms with Crippen molar-refractivity contribution in [3.05, 3.63) is 11.5 Å². The Morgan fingerprint density at radius 1 is 1.71 bits per heavy atom. The minimum absolute atomic E-state index is 0.0417. The molecule has 0 rings (SSSR count). The molecule has 0 N–H and O–H groups in total. The van der Waals surface area contributed by atoms with E-state index in [0.717, 1.165) is 13.8 Å². The van der Waals surface area contributed by atoms with Crippen LogP contribution in [0.3, 0.4) is 0 Å². The van der Waals surface area contributed by atoms with Crippen LogP contribution in [-0.4, -0.2) is 9.15 Å². The largest absolute Gasteiger partial charge is 0.192 e. The molecular formula is C4H2BN2. The molecule has 2 nitrogen and oxygen atoms in total. The predicted molar refractivity (Wildman–Crippen MR) is 26.5 cm³/mol. The third-order valence-electron chi connectivity index (χ3n) is 0.408. The van der Waals surface area contributed by atoms with Gasteiger partial charge in [0, 0.05) is 0 Å². The number of rotatable bonds is 1. The average molecular weight is 89.9 g/mol. The summed E-state index contributed by atoms with van der Waals surface area (Å²) < 4.78 is 6.44. The second-order valence-electron chi connectivity index (χ2n) is 0.804. The summed E-state index contributed by atoms with van der Waals surface area (Å²) in [5.41, 5.74) is -0.0417. The fourth-order valence-electron chi connectivity index (χ4n) is 0.0995. The Hall–Kier alpha value is -1.22. The lowest BCUT2D eigenvalue weighted by Gasteiger charge is -1.67. The molecule has 0 spiro atoms. The minimum atomic E-state index is -0.0417. The highest BCUT2D eigenvalue weighted by atomic mass is 14.3. The predicted octanol–water partition coefficient (Wildman–Crippen LogP) is -0.182. The molecule has 0 saturated carbocycles. The van der Waals surface area contributed by atoms with Crippen molar-refractivity contribution in [1.29, 1.82) is 11.9 Å². The van der Waals surface area contributed by atoms with Gasteiger partial charge in [-0.25, -0.2) is 0 Å². The van der Waals surface area contributed by atoms with Crippen LogP contribution in [0.15, 0.2) is 11.5 Å². The van der Waals surface area contributed by atoms with Crippen LogP contribution >= 0.6 is 0 Å². The minimum Gasteiger partial charge on any atom is -0.192 e. The van der Waals surface area contributed by atoms with Crippen molar-refractivity contribution in [3.63, 3.8) is 0 Å². The Morgan fingerprint density at radius 3 is 2.43 bits per heavy atom. The molecule has 1 radical (unpaired) electrons. The first-order chi connectivity index (χ1) is 3.85. The molecule has 0 bridgehead atoms. The number of nitriles is 2. The molecular weight excluding hydrogens is 86.9 g/mol. The van der Waals surface area contributed by atoms with Crippen molar-refractivity contribution in [1.82, 2.24) is 0 Å². The Bertz CT molecular complexity index is 157. The van der Waals surface area contributed by atoms with E-state index in [1.54, 1.807) is 12.1 Å². The van der Waals surface area contributed by atoms with Crippen LogP contribution in [0.5, 0.6) is 0 Å². The first-order valence-corrected chi connectivity index (χ1v) is 1.57. The second kappa shape index (κ2) is 2.99. The molecule has 0 aromatic heterocycles. The van der Waals surface area contributed by atoms with E-state index in [0.29, 0.717) is 0 Å². The molecule has 0 heterocycles. The lowest BCUT2D eigenvalue weighted by molar-refractivity contribution is 1.47. The van der Waals surface area contributed by atoms with E-state index in [9.17, 15) is 0 Å². The van der Waals surface area contributed by atoms with Crippen LogP contribution in [0, 0.1) is 22.7 Å². The monoisotopic (exact) mass is 90.0 g/mol. The molecule has 0 aliphatic heterocycles. The van der Waals surface area contributed by atoms with Gasteiger partial charge in [0.25, 0.3) is 0 Å². The van der Waals surface area contributed by atoms with Gasteiger partial charge in [0.15, 0.2) is 0 Å². The fraction of sp³-hybridized carbons (Fsp3) is 0. The Kier molecular flexibility index (Phi) is 1.69. The van der Waals surface area contributed by atoms with E-state index >= 15 is 0 Å². The highest BCUT2D eigenvalue weighted by Gasteiger charge is 1.81. The van der Waals surface area contributed by atoms with Crippen molar-refractivity contribution < 1.29 is 0 Å². The average Bonchev–Trinajstić information content (AvgIpc) is 1.83. The van der Waals surface area contributed by atoms with Crippen LogP contribution in [0.2, 0.25) is 0 Å². The van der Waals surface area contributed by atoms with Gasteiger partial charge >= 0.3 is 0 Å². The first kappa shape index (κ1) is 3.96. The SMILES string of the molecule is [2H][B]C=C(C#N)C#N. The molecule has 0 fully saturated rings. The molecule has 7 heavy (non-hydrogen) atoms. The smallest absolute Gasteiger partial charge is 0.122 e. The van der Waals surface area contributed by atoms with Crippen molar-refractivity contribution >= 4 is 7.81 Å². The zero-order chi connectivity index (χ0) is 6.41. The lowest BCUT2D eigenvalue weighted by Crippen LogP contribution is -1.67. The van der Waals surface area contributed by atoms with Crippen LogP contribution in [-0.2, 0) is 0 Å². The number of nitrogens with zero attached hydrogens (tertiary/aromatic N) is 2. The zero-order valence-electron chi connectivity index (χ0n) is 4.55. The fourth-order valence-corrected chi connectivity index (χ4v) is 0.0995. The van der Waals surface area contributed by atoms with E-state index < -0.39 is 0 Å². The maximum atomic E-state index is 8.01. The molecule has 0 aliphatic rings. The van der Waals surface area contributed by atoms with Crippen molar-refractivity contribution in [2.75, 3.05) is 0 Å². The number of hydrogen-bond donors (Lipinski definition) is 0. The summed E-state index contributed by atoms with van der Waals surface area (Å²) in [6.07, 6.45) is 0. The van der Waals surface area contributed by atoms with Gasteiger partial charge < -0.3 is 0 Å². The van der Waals surface area contributed by atoms with Crippen molar-refractivity contribution in [3.8, 4) is 12.1 Å². The van der Waals surface area contributed by atoms with Gasteiger partial charge in [-0.05, 0) is 1.34 Å². The summed E-state index contributed by atoms with van der Waals surface area (Å²) in [7, 11) is 0.905. The van der Waals surface area contributed by atoms with Crippen LogP contribution in [0.4, 0.5) is 0 Å². The molecule has 31 valence electrons. The Morgan fingerprint density at radius 2 is 2.29 bits per heavy atom. The molecule has 0 aromatic carbocycles. The maximum Gasteiger partial charge on any atom is 0.122 e. The standard InChI is InChI=1S/C4H2BN2/c5-1-4(2-6)3-7/h1,5H/i5D. The van der Waals surface area contributed by atoms with Crippen molar-refractivity contribution in [2.45, 2.75) is 0 Å². The first-order valence-electron chi connectivity index (χ1n) is 2.15. The van der Waals surface area contributed by atoms with Crippen molar-refractivity contribution in [2.24, 2.45) is 0 Å². The van der Waals surface area contributed by atoms with E-state index in [1.807, 2.05) is 0 Å². The molecule has 0 aliphatic carbocycles. The third-order valence-corrected chi connectivity index (χ3v) is 0.408. The summed E-state index contributed by atoms with van der Waals surface area (Å²) in [5.74, 6) is 1.14. The molecule has 0 atom stereocenters. The summed E-state index contributed by atoms with van der Waals surface area (Å²) >= 11 is 0. The maximum absolute atomic E-state index is 8.01. The second-order valence-corrected chi connectivity index (χ2v) is 0.804. The van der Waals surface area contributed by atoms with Gasteiger partial charge in [0.2, 0.25) is 0 Å². The quantitative estimate of drug-likeness (QED) is 0.331. The van der Waals surface area contributed by atoms with Crippen LogP contribution < -0.4 is 0 Å². The summed E-state index contributed by atoms with van der Waals surface area (Å²) in [6.45, 7) is 0. The number of hydrogen-bond acceptors (Lipinski definition) is 2. The Balaban J connectivity index is 3.99. The third kappa shape index (κ3) is 1.62. The topological polar surface area (TPSA) is 47.6 Å². The highest BCUT2D eigenvalue weighted by Crippen LogP contribution is 1.81. The Labute approximate surface area is 44.4 Å². The zero-order valence-corrected chi connectivity index (χ0v) is 3.55. The van der Waals surface area contributed by atoms with E-state index in [2.05, 4.69) is 0 Å².